The van der Waals surface area contributed by atoms with Crippen LogP contribution in [-0.4, -0.2) is 24.1 Å². The minimum Gasteiger partial charge on any atom is -0.493 e. The van der Waals surface area contributed by atoms with Crippen LogP contribution in [0.15, 0.2) is 18.2 Å². The van der Waals surface area contributed by atoms with Gasteiger partial charge in [0.25, 0.3) is 5.91 Å². The highest BCUT2D eigenvalue weighted by Crippen LogP contribution is 2.31. The molecule has 0 radical (unpaired) electrons. The first-order valence-electron chi connectivity index (χ1n) is 9.33. The summed E-state index contributed by atoms with van der Waals surface area (Å²) < 4.78 is 11.2. The number of methoxy groups -OCH3 is 1. The number of nitrogens with zero attached hydrogens (tertiary/aromatic N) is 1. The van der Waals surface area contributed by atoms with Crippen LogP contribution in [-0.2, 0) is 6.42 Å². The number of rotatable bonds is 8. The molecule has 0 aliphatic carbocycles. The molecule has 1 unspecified atom stereocenters. The number of aromatic nitrogens is 1. The Kier molecular flexibility index (Phi) is 7.25. The van der Waals surface area contributed by atoms with E-state index in [1.165, 1.54) is 11.3 Å². The van der Waals surface area contributed by atoms with Crippen LogP contribution in [0, 0.1) is 12.8 Å². The zero-order valence-electron chi connectivity index (χ0n) is 17.3. The average Bonchev–Trinajstić information content (AvgIpc) is 2.94. The number of carbonyl (C=O) groups excluding carboxylic acids is 1. The molecule has 1 aromatic heterocycles. The Bertz CT molecular complexity index is 784. The van der Waals surface area contributed by atoms with Gasteiger partial charge in [0, 0.05) is 6.42 Å². The van der Waals surface area contributed by atoms with Gasteiger partial charge >= 0.3 is 0 Å². The summed E-state index contributed by atoms with van der Waals surface area (Å²) >= 11 is 1.48. The predicted octanol–water partition coefficient (Wildman–Crippen LogP) is 4.94. The molecular formula is C21H30N2O3S. The van der Waals surface area contributed by atoms with Gasteiger partial charge in [0.15, 0.2) is 11.5 Å². The van der Waals surface area contributed by atoms with Crippen LogP contribution < -0.4 is 14.8 Å². The van der Waals surface area contributed by atoms with Crippen molar-refractivity contribution in [1.29, 1.82) is 0 Å². The van der Waals surface area contributed by atoms with E-state index >= 15 is 0 Å². The predicted molar refractivity (Wildman–Crippen MR) is 110 cm³/mol. The quantitative estimate of drug-likeness (QED) is 0.694. The molecule has 27 heavy (non-hydrogen) atoms. The fourth-order valence-electron chi connectivity index (χ4n) is 2.75. The van der Waals surface area contributed by atoms with Crippen LogP contribution in [0.4, 0.5) is 0 Å². The Labute approximate surface area is 166 Å². The Hall–Kier alpha value is -2.08. The molecular weight excluding hydrogens is 360 g/mol. The summed E-state index contributed by atoms with van der Waals surface area (Å²) in [5.74, 6) is 1.79. The molecule has 0 saturated heterocycles. The van der Waals surface area contributed by atoms with E-state index in [9.17, 15) is 4.79 Å². The number of nitrogens with one attached hydrogen (secondary N) is 1. The van der Waals surface area contributed by atoms with Gasteiger partial charge in [-0.05, 0) is 51.3 Å². The first kappa shape index (κ1) is 21.2. The maximum atomic E-state index is 12.7. The van der Waals surface area contributed by atoms with Gasteiger partial charge < -0.3 is 14.8 Å². The summed E-state index contributed by atoms with van der Waals surface area (Å²) in [7, 11) is 1.62. The normalized spacial score (nSPS) is 12.3. The number of aryl methyl sites for hydroxylation is 1. The van der Waals surface area contributed by atoms with Gasteiger partial charge in [0.1, 0.15) is 4.88 Å². The van der Waals surface area contributed by atoms with E-state index in [4.69, 9.17) is 9.47 Å². The lowest BCUT2D eigenvalue weighted by molar-refractivity contribution is 0.0943. The second-order valence-electron chi connectivity index (χ2n) is 7.39. The minimum atomic E-state index is -0.158. The zero-order chi connectivity index (χ0) is 20.1. The van der Waals surface area contributed by atoms with Crippen LogP contribution in [0.2, 0.25) is 0 Å². The summed E-state index contributed by atoms with van der Waals surface area (Å²) in [5.41, 5.74) is 1.75. The van der Waals surface area contributed by atoms with E-state index < -0.39 is 0 Å². The van der Waals surface area contributed by atoms with Crippen molar-refractivity contribution in [2.75, 3.05) is 7.11 Å². The van der Waals surface area contributed by atoms with Crippen molar-refractivity contribution in [2.45, 2.75) is 60.1 Å². The van der Waals surface area contributed by atoms with Gasteiger partial charge in [0.05, 0.1) is 30.0 Å². The van der Waals surface area contributed by atoms with E-state index in [0.29, 0.717) is 22.3 Å². The van der Waals surface area contributed by atoms with Crippen LogP contribution in [0.3, 0.4) is 0 Å². The summed E-state index contributed by atoms with van der Waals surface area (Å²) in [6.45, 7) is 12.1. The summed E-state index contributed by atoms with van der Waals surface area (Å²) in [4.78, 5) is 17.9. The largest absolute Gasteiger partial charge is 0.493 e. The average molecular weight is 391 g/mol. The van der Waals surface area contributed by atoms with Crippen LogP contribution in [0.5, 0.6) is 11.5 Å². The van der Waals surface area contributed by atoms with Crippen molar-refractivity contribution in [1.82, 2.24) is 10.3 Å². The molecule has 0 fully saturated rings. The van der Waals surface area contributed by atoms with Gasteiger partial charge in [-0.1, -0.05) is 19.9 Å². The zero-order valence-corrected chi connectivity index (χ0v) is 18.1. The second kappa shape index (κ2) is 9.22. The molecule has 0 aliphatic heterocycles. The number of carbonyl (C=O) groups is 1. The van der Waals surface area contributed by atoms with Crippen LogP contribution >= 0.6 is 11.3 Å². The Balaban J connectivity index is 2.13. The monoisotopic (exact) mass is 390 g/mol. The molecule has 1 heterocycles. The second-order valence-corrected chi connectivity index (χ2v) is 8.48. The first-order valence-corrected chi connectivity index (χ1v) is 10.1. The molecule has 2 aromatic rings. The molecule has 0 aliphatic rings. The van der Waals surface area contributed by atoms with Gasteiger partial charge in [-0.25, -0.2) is 4.98 Å². The molecule has 0 saturated carbocycles. The van der Waals surface area contributed by atoms with Crippen molar-refractivity contribution >= 4 is 17.2 Å². The minimum absolute atomic E-state index is 0.0659. The number of thiazole rings is 1. The molecule has 6 heteroatoms. The first-order chi connectivity index (χ1) is 12.7. The van der Waals surface area contributed by atoms with Crippen molar-refractivity contribution in [3.63, 3.8) is 0 Å². The van der Waals surface area contributed by atoms with Crippen molar-refractivity contribution in [3.05, 3.63) is 39.3 Å². The fraction of sp³-hybridized carbons (Fsp3) is 0.524. The van der Waals surface area contributed by atoms with Crippen LogP contribution in [0.25, 0.3) is 0 Å². The number of amides is 1. The highest BCUT2D eigenvalue weighted by atomic mass is 32.1. The fourth-order valence-corrected chi connectivity index (χ4v) is 3.93. The molecule has 1 aromatic carbocycles. The van der Waals surface area contributed by atoms with Crippen LogP contribution in [0.1, 0.15) is 66.6 Å². The molecule has 1 N–H and O–H groups in total. The molecule has 0 bridgehead atoms. The summed E-state index contributed by atoms with van der Waals surface area (Å²) in [6.07, 6.45) is 0.958. The van der Waals surface area contributed by atoms with Gasteiger partial charge in [-0.2, -0.15) is 0 Å². The standard InChI is InChI=1S/C21H30N2O3S/c1-12(2)10-19-22-15(6)20(27-19)21(24)23-14(5)16-8-9-17(26-13(3)4)18(11-16)25-7/h8-9,11-14H,10H2,1-7H3,(H,23,24). The Morgan fingerprint density at radius 2 is 1.89 bits per heavy atom. The Morgan fingerprint density at radius 1 is 1.19 bits per heavy atom. The lowest BCUT2D eigenvalue weighted by Gasteiger charge is -2.18. The molecule has 2 rings (SSSR count). The Morgan fingerprint density at radius 3 is 2.48 bits per heavy atom. The van der Waals surface area contributed by atoms with Crippen molar-refractivity contribution in [2.24, 2.45) is 5.92 Å². The molecule has 5 nitrogen and oxygen atoms in total. The number of benzene rings is 1. The lowest BCUT2D eigenvalue weighted by atomic mass is 10.1. The van der Waals surface area contributed by atoms with Gasteiger partial charge in [-0.3, -0.25) is 4.79 Å². The molecule has 148 valence electrons. The van der Waals surface area contributed by atoms with E-state index in [0.717, 1.165) is 22.7 Å². The molecule has 0 spiro atoms. The SMILES string of the molecule is COc1cc(C(C)NC(=O)c2sc(CC(C)C)nc2C)ccc1OC(C)C. The van der Waals surface area contributed by atoms with Crippen molar-refractivity contribution < 1.29 is 14.3 Å². The number of ether oxygens (including phenoxy) is 2. The van der Waals surface area contributed by atoms with Gasteiger partial charge in [-0.15, -0.1) is 11.3 Å². The van der Waals surface area contributed by atoms with E-state index in [1.54, 1.807) is 7.11 Å². The number of hydrogen-bond donors (Lipinski definition) is 1. The number of hydrogen-bond acceptors (Lipinski definition) is 5. The van der Waals surface area contributed by atoms with E-state index in [-0.39, 0.29) is 18.1 Å². The topological polar surface area (TPSA) is 60.5 Å². The van der Waals surface area contributed by atoms with Crippen molar-refractivity contribution in [3.8, 4) is 11.5 Å². The van der Waals surface area contributed by atoms with Gasteiger partial charge in [0.2, 0.25) is 0 Å². The smallest absolute Gasteiger partial charge is 0.263 e. The molecule has 1 amide bonds. The summed E-state index contributed by atoms with van der Waals surface area (Å²) in [5, 5.41) is 4.08. The maximum absolute atomic E-state index is 12.7. The third-order valence-electron chi connectivity index (χ3n) is 4.03. The van der Waals surface area contributed by atoms with E-state index in [1.807, 2.05) is 45.9 Å². The maximum Gasteiger partial charge on any atom is 0.263 e. The van der Waals surface area contributed by atoms with E-state index in [2.05, 4.69) is 24.1 Å². The molecule has 1 atom stereocenters. The third-order valence-corrected chi connectivity index (χ3v) is 5.21. The third kappa shape index (κ3) is 5.70. The highest BCUT2D eigenvalue weighted by molar-refractivity contribution is 7.13. The summed E-state index contributed by atoms with van der Waals surface area (Å²) in [6, 6.07) is 5.59. The lowest BCUT2D eigenvalue weighted by Crippen LogP contribution is -2.26. The highest BCUT2D eigenvalue weighted by Gasteiger charge is 2.19.